The minimum Gasteiger partial charge on any atom is -0.351 e. The first-order valence-corrected chi connectivity index (χ1v) is 5.89. The molecule has 0 saturated carbocycles. The van der Waals surface area contributed by atoms with Crippen molar-refractivity contribution >= 4 is 21.8 Å². The summed E-state index contributed by atoms with van der Waals surface area (Å²) >= 11 is 3.40. The first-order chi connectivity index (χ1) is 7.69. The van der Waals surface area contributed by atoms with Gasteiger partial charge >= 0.3 is 0 Å². The number of carbonyl (C=O) groups excluding carboxylic acids is 1. The summed E-state index contributed by atoms with van der Waals surface area (Å²) in [6, 6.07) is 9.65. The van der Waals surface area contributed by atoms with Crippen LogP contribution in [0.5, 0.6) is 0 Å². The van der Waals surface area contributed by atoms with Crippen LogP contribution in [0.1, 0.15) is 18.9 Å². The molecule has 0 fully saturated rings. The summed E-state index contributed by atoms with van der Waals surface area (Å²) in [5.74, 6) is -0.761. The highest BCUT2D eigenvalue weighted by molar-refractivity contribution is 9.10. The van der Waals surface area contributed by atoms with Gasteiger partial charge in [-0.05, 0) is 18.1 Å². The van der Waals surface area contributed by atoms with E-state index < -0.39 is 5.92 Å². The van der Waals surface area contributed by atoms with E-state index in [1.54, 1.807) is 0 Å². The monoisotopic (exact) mass is 280 g/mol. The number of nitrogens with zero attached hydrogens (tertiary/aromatic N) is 1. The van der Waals surface area contributed by atoms with Gasteiger partial charge in [0.15, 0.2) is 0 Å². The maximum Gasteiger partial charge on any atom is 0.237 e. The van der Waals surface area contributed by atoms with Crippen LogP contribution in [0, 0.1) is 17.2 Å². The number of nitrogens with one attached hydrogen (secondary N) is 1. The molecule has 0 spiro atoms. The molecule has 0 saturated heterocycles. The van der Waals surface area contributed by atoms with E-state index in [0.717, 1.165) is 10.0 Å². The number of nitriles is 1. The van der Waals surface area contributed by atoms with Gasteiger partial charge in [-0.3, -0.25) is 4.79 Å². The maximum atomic E-state index is 11.5. The largest absolute Gasteiger partial charge is 0.351 e. The number of rotatable bonds is 4. The minimum atomic E-state index is -0.553. The lowest BCUT2D eigenvalue weighted by Gasteiger charge is -2.09. The highest BCUT2D eigenvalue weighted by atomic mass is 79.9. The molecule has 0 aliphatic carbocycles. The zero-order chi connectivity index (χ0) is 12.0. The van der Waals surface area contributed by atoms with Crippen molar-refractivity contribution in [1.82, 2.24) is 5.32 Å². The topological polar surface area (TPSA) is 52.9 Å². The molecule has 1 N–H and O–H groups in total. The third kappa shape index (κ3) is 3.35. The van der Waals surface area contributed by atoms with Gasteiger partial charge < -0.3 is 5.32 Å². The van der Waals surface area contributed by atoms with Crippen LogP contribution in [-0.4, -0.2) is 5.91 Å². The molecule has 0 aromatic heterocycles. The van der Waals surface area contributed by atoms with Gasteiger partial charge in [0.05, 0.1) is 6.07 Å². The van der Waals surface area contributed by atoms with Crippen molar-refractivity contribution in [2.24, 2.45) is 5.92 Å². The van der Waals surface area contributed by atoms with Crippen LogP contribution in [0.4, 0.5) is 0 Å². The predicted molar refractivity (Wildman–Crippen MR) is 65.4 cm³/mol. The van der Waals surface area contributed by atoms with E-state index in [1.807, 2.05) is 37.3 Å². The lowest BCUT2D eigenvalue weighted by atomic mass is 10.1. The Morgan fingerprint density at radius 1 is 1.56 bits per heavy atom. The van der Waals surface area contributed by atoms with Gasteiger partial charge in [0.25, 0.3) is 0 Å². The maximum absolute atomic E-state index is 11.5. The molecule has 1 atom stereocenters. The molecule has 3 nitrogen and oxygen atoms in total. The Hall–Kier alpha value is -1.34. The summed E-state index contributed by atoms with van der Waals surface area (Å²) in [5, 5.41) is 11.5. The van der Waals surface area contributed by atoms with Crippen molar-refractivity contribution in [2.45, 2.75) is 19.9 Å². The SMILES string of the molecule is CCC(C#N)C(=O)NCc1ccccc1Br. The van der Waals surface area contributed by atoms with E-state index >= 15 is 0 Å². The second-order valence-corrected chi connectivity index (χ2v) is 4.25. The van der Waals surface area contributed by atoms with Crippen LogP contribution < -0.4 is 5.32 Å². The fourth-order valence-corrected chi connectivity index (χ4v) is 1.71. The van der Waals surface area contributed by atoms with E-state index in [-0.39, 0.29) is 5.91 Å². The van der Waals surface area contributed by atoms with Crippen molar-refractivity contribution in [1.29, 1.82) is 5.26 Å². The Balaban J connectivity index is 2.56. The molecule has 1 aromatic carbocycles. The number of halogens is 1. The lowest BCUT2D eigenvalue weighted by molar-refractivity contribution is -0.123. The minimum absolute atomic E-state index is 0.208. The fourth-order valence-electron chi connectivity index (χ4n) is 1.28. The van der Waals surface area contributed by atoms with E-state index in [2.05, 4.69) is 21.2 Å². The third-order valence-electron chi connectivity index (χ3n) is 2.29. The third-order valence-corrected chi connectivity index (χ3v) is 3.07. The van der Waals surface area contributed by atoms with Crippen molar-refractivity contribution in [2.75, 3.05) is 0 Å². The molecule has 1 amide bonds. The molecular weight excluding hydrogens is 268 g/mol. The molecule has 0 bridgehead atoms. The number of hydrogen-bond donors (Lipinski definition) is 1. The zero-order valence-electron chi connectivity index (χ0n) is 9.03. The normalized spacial score (nSPS) is 11.6. The summed E-state index contributed by atoms with van der Waals surface area (Å²) in [4.78, 5) is 11.5. The highest BCUT2D eigenvalue weighted by Gasteiger charge is 2.14. The Morgan fingerprint density at radius 2 is 2.25 bits per heavy atom. The Morgan fingerprint density at radius 3 is 2.81 bits per heavy atom. The summed E-state index contributed by atoms with van der Waals surface area (Å²) < 4.78 is 0.959. The van der Waals surface area contributed by atoms with E-state index in [0.29, 0.717) is 13.0 Å². The first kappa shape index (κ1) is 12.7. The molecule has 84 valence electrons. The second-order valence-electron chi connectivity index (χ2n) is 3.40. The molecule has 1 aromatic rings. The average Bonchev–Trinajstić information content (AvgIpc) is 2.29. The Bertz CT molecular complexity index is 412. The van der Waals surface area contributed by atoms with Gasteiger partial charge in [0, 0.05) is 11.0 Å². The molecule has 0 aliphatic rings. The second kappa shape index (κ2) is 6.29. The standard InChI is InChI=1S/C12H13BrN2O/c1-2-9(7-14)12(16)15-8-10-5-3-4-6-11(10)13/h3-6,9H,2,8H2,1H3,(H,15,16). The number of hydrogen-bond acceptors (Lipinski definition) is 2. The summed E-state index contributed by atoms with van der Waals surface area (Å²) in [6.07, 6.45) is 0.540. The fraction of sp³-hybridized carbons (Fsp3) is 0.333. The van der Waals surface area contributed by atoms with E-state index in [9.17, 15) is 4.79 Å². The predicted octanol–water partition coefficient (Wildman–Crippen LogP) is 2.62. The van der Waals surface area contributed by atoms with Gasteiger partial charge in [-0.1, -0.05) is 41.1 Å². The van der Waals surface area contributed by atoms with Gasteiger partial charge in [-0.25, -0.2) is 0 Å². The molecule has 0 aliphatic heterocycles. The molecule has 1 unspecified atom stereocenters. The van der Waals surface area contributed by atoms with E-state index in [4.69, 9.17) is 5.26 Å². The van der Waals surface area contributed by atoms with Gasteiger partial charge in [-0.2, -0.15) is 5.26 Å². The molecule has 16 heavy (non-hydrogen) atoms. The lowest BCUT2D eigenvalue weighted by Crippen LogP contribution is -2.29. The average molecular weight is 281 g/mol. The van der Waals surface area contributed by atoms with Gasteiger partial charge in [0.1, 0.15) is 5.92 Å². The number of benzene rings is 1. The highest BCUT2D eigenvalue weighted by Crippen LogP contribution is 2.15. The molecule has 0 heterocycles. The van der Waals surface area contributed by atoms with Crippen LogP contribution in [0.3, 0.4) is 0 Å². The van der Waals surface area contributed by atoms with Crippen LogP contribution in [-0.2, 0) is 11.3 Å². The first-order valence-electron chi connectivity index (χ1n) is 5.09. The quantitative estimate of drug-likeness (QED) is 0.922. The summed E-state index contributed by atoms with van der Waals surface area (Å²) in [5.41, 5.74) is 1.00. The van der Waals surface area contributed by atoms with Crippen LogP contribution in [0.25, 0.3) is 0 Å². The van der Waals surface area contributed by atoms with Crippen LogP contribution in [0.2, 0.25) is 0 Å². The van der Waals surface area contributed by atoms with Crippen molar-refractivity contribution in [3.05, 3.63) is 34.3 Å². The zero-order valence-corrected chi connectivity index (χ0v) is 10.6. The number of amides is 1. The van der Waals surface area contributed by atoms with Crippen LogP contribution in [0.15, 0.2) is 28.7 Å². The van der Waals surface area contributed by atoms with Crippen molar-refractivity contribution in [3.63, 3.8) is 0 Å². The number of carbonyl (C=O) groups is 1. The molecule has 1 rings (SSSR count). The molecule has 4 heteroatoms. The van der Waals surface area contributed by atoms with E-state index in [1.165, 1.54) is 0 Å². The van der Waals surface area contributed by atoms with Gasteiger partial charge in [-0.15, -0.1) is 0 Å². The molecule has 0 radical (unpaired) electrons. The summed E-state index contributed by atoms with van der Waals surface area (Å²) in [7, 11) is 0. The van der Waals surface area contributed by atoms with Crippen molar-refractivity contribution in [3.8, 4) is 6.07 Å². The molecular formula is C12H13BrN2O. The Kier molecular flexibility index (Phi) is 5.00. The van der Waals surface area contributed by atoms with Gasteiger partial charge in [0.2, 0.25) is 5.91 Å². The van der Waals surface area contributed by atoms with Crippen LogP contribution >= 0.6 is 15.9 Å². The Labute approximate surface area is 104 Å². The smallest absolute Gasteiger partial charge is 0.237 e. The summed E-state index contributed by atoms with van der Waals surface area (Å²) in [6.45, 7) is 2.27. The van der Waals surface area contributed by atoms with Crippen molar-refractivity contribution < 1.29 is 4.79 Å².